The first-order valence-electron chi connectivity index (χ1n) is 9.68. The third kappa shape index (κ3) is 5.55. The monoisotopic (exact) mass is 444 g/mol. The van der Waals surface area contributed by atoms with Gasteiger partial charge in [-0.2, -0.15) is 0 Å². The van der Waals surface area contributed by atoms with Gasteiger partial charge in [-0.1, -0.05) is 35.5 Å². The number of halogens is 1. The van der Waals surface area contributed by atoms with Gasteiger partial charge in [0, 0.05) is 17.3 Å². The van der Waals surface area contributed by atoms with Crippen molar-refractivity contribution in [1.82, 2.24) is 14.8 Å². The summed E-state index contributed by atoms with van der Waals surface area (Å²) >= 11 is 7.36. The maximum absolute atomic E-state index is 12.4. The molecular weight excluding hydrogens is 420 g/mol. The van der Waals surface area contributed by atoms with Crippen LogP contribution in [0.3, 0.4) is 0 Å². The lowest BCUT2D eigenvalue weighted by Crippen LogP contribution is -2.15. The molecular formula is C22H25ClN4O2S. The van der Waals surface area contributed by atoms with Gasteiger partial charge < -0.3 is 14.6 Å². The summed E-state index contributed by atoms with van der Waals surface area (Å²) in [4.78, 5) is 12.4. The van der Waals surface area contributed by atoms with E-state index in [1.807, 2.05) is 62.6 Å². The van der Waals surface area contributed by atoms with Gasteiger partial charge in [0.05, 0.1) is 5.75 Å². The first-order valence-corrected chi connectivity index (χ1v) is 11.0. The fraction of sp³-hybridized carbons (Fsp3) is 0.318. The van der Waals surface area contributed by atoms with Crippen LogP contribution in [0.5, 0.6) is 5.75 Å². The Labute approximate surface area is 186 Å². The molecule has 0 radical (unpaired) electrons. The van der Waals surface area contributed by atoms with Crippen LogP contribution in [0, 0.1) is 20.8 Å². The molecule has 0 bridgehead atoms. The standard InChI is InChI=1S/C22H25ClN4O2S/c1-5-27-20(12-29-19-9-8-17(23)11-16(19)4)25-26-22(27)30-13-21(28)24-18-10-14(2)6-7-15(18)3/h6-11H,5,12-13H2,1-4H3,(H,24,28). The second-order valence-electron chi connectivity index (χ2n) is 7.00. The highest BCUT2D eigenvalue weighted by Gasteiger charge is 2.15. The maximum Gasteiger partial charge on any atom is 0.234 e. The van der Waals surface area contributed by atoms with Crippen LogP contribution in [0.1, 0.15) is 29.4 Å². The van der Waals surface area contributed by atoms with Crippen molar-refractivity contribution >= 4 is 35.0 Å². The number of hydrogen-bond donors (Lipinski definition) is 1. The van der Waals surface area contributed by atoms with Crippen molar-refractivity contribution in [2.75, 3.05) is 11.1 Å². The Morgan fingerprint density at radius 3 is 2.67 bits per heavy atom. The van der Waals surface area contributed by atoms with Crippen LogP contribution in [0.15, 0.2) is 41.6 Å². The second-order valence-corrected chi connectivity index (χ2v) is 8.38. The van der Waals surface area contributed by atoms with Gasteiger partial charge in [0.2, 0.25) is 5.91 Å². The molecule has 8 heteroatoms. The Morgan fingerprint density at radius 2 is 1.93 bits per heavy atom. The van der Waals surface area contributed by atoms with Crippen molar-refractivity contribution in [3.63, 3.8) is 0 Å². The first kappa shape index (κ1) is 22.2. The topological polar surface area (TPSA) is 69.0 Å². The van der Waals surface area contributed by atoms with Gasteiger partial charge in [-0.3, -0.25) is 4.79 Å². The number of nitrogens with one attached hydrogen (secondary N) is 1. The molecule has 0 aliphatic carbocycles. The number of aryl methyl sites for hydroxylation is 3. The number of carbonyl (C=O) groups is 1. The van der Waals surface area contributed by atoms with E-state index in [-0.39, 0.29) is 11.7 Å². The number of hydrogen-bond acceptors (Lipinski definition) is 5. The number of rotatable bonds is 8. The van der Waals surface area contributed by atoms with E-state index >= 15 is 0 Å². The molecule has 0 atom stereocenters. The van der Waals surface area contributed by atoms with Gasteiger partial charge in [-0.15, -0.1) is 10.2 Å². The van der Waals surface area contributed by atoms with Crippen molar-refractivity contribution in [3.8, 4) is 5.75 Å². The van der Waals surface area contributed by atoms with E-state index in [9.17, 15) is 4.79 Å². The molecule has 0 spiro atoms. The summed E-state index contributed by atoms with van der Waals surface area (Å²) < 4.78 is 7.85. The van der Waals surface area contributed by atoms with Crippen LogP contribution >= 0.6 is 23.4 Å². The first-order chi connectivity index (χ1) is 14.4. The van der Waals surface area contributed by atoms with Crippen molar-refractivity contribution in [2.45, 2.75) is 46.0 Å². The highest BCUT2D eigenvalue weighted by atomic mass is 35.5. The summed E-state index contributed by atoms with van der Waals surface area (Å²) in [6.07, 6.45) is 0. The van der Waals surface area contributed by atoms with Gasteiger partial charge in [0.1, 0.15) is 12.4 Å². The van der Waals surface area contributed by atoms with E-state index in [0.717, 1.165) is 28.1 Å². The van der Waals surface area contributed by atoms with Crippen LogP contribution in [-0.2, 0) is 17.9 Å². The number of thioether (sulfide) groups is 1. The number of anilines is 1. The fourth-order valence-electron chi connectivity index (χ4n) is 2.95. The summed E-state index contributed by atoms with van der Waals surface area (Å²) in [5.41, 5.74) is 3.94. The molecule has 1 aromatic heterocycles. The Hall–Kier alpha value is -2.51. The molecule has 1 amide bonds. The molecule has 1 N–H and O–H groups in total. The predicted octanol–water partition coefficient (Wildman–Crippen LogP) is 5.19. The van der Waals surface area contributed by atoms with E-state index in [4.69, 9.17) is 16.3 Å². The maximum atomic E-state index is 12.4. The quantitative estimate of drug-likeness (QED) is 0.484. The van der Waals surface area contributed by atoms with Crippen LogP contribution < -0.4 is 10.1 Å². The van der Waals surface area contributed by atoms with Gasteiger partial charge in [-0.05, 0) is 68.7 Å². The van der Waals surface area contributed by atoms with Gasteiger partial charge in [0.25, 0.3) is 0 Å². The molecule has 3 aromatic rings. The summed E-state index contributed by atoms with van der Waals surface area (Å²) in [5, 5.41) is 12.8. The molecule has 3 rings (SSSR count). The van der Waals surface area contributed by atoms with Gasteiger partial charge in [0.15, 0.2) is 11.0 Å². The smallest absolute Gasteiger partial charge is 0.234 e. The Bertz CT molecular complexity index is 1050. The third-order valence-corrected chi connectivity index (χ3v) is 5.80. The number of nitrogens with zero attached hydrogens (tertiary/aromatic N) is 3. The lowest BCUT2D eigenvalue weighted by atomic mass is 10.1. The minimum Gasteiger partial charge on any atom is -0.485 e. The summed E-state index contributed by atoms with van der Waals surface area (Å²) in [7, 11) is 0. The molecule has 0 saturated heterocycles. The van der Waals surface area contributed by atoms with E-state index < -0.39 is 0 Å². The van der Waals surface area contributed by atoms with Crippen molar-refractivity contribution in [2.24, 2.45) is 0 Å². The normalized spacial score (nSPS) is 10.8. The minimum atomic E-state index is -0.0751. The van der Waals surface area contributed by atoms with E-state index in [1.165, 1.54) is 11.8 Å². The zero-order valence-electron chi connectivity index (χ0n) is 17.5. The fourth-order valence-corrected chi connectivity index (χ4v) is 4.00. The van der Waals surface area contributed by atoms with Gasteiger partial charge in [-0.25, -0.2) is 0 Å². The zero-order valence-corrected chi connectivity index (χ0v) is 19.1. The highest BCUT2D eigenvalue weighted by molar-refractivity contribution is 7.99. The van der Waals surface area contributed by atoms with Crippen LogP contribution in [-0.4, -0.2) is 26.4 Å². The van der Waals surface area contributed by atoms with E-state index in [0.29, 0.717) is 29.2 Å². The Morgan fingerprint density at radius 1 is 1.13 bits per heavy atom. The molecule has 1 heterocycles. The summed E-state index contributed by atoms with van der Waals surface area (Å²) in [5.74, 6) is 1.65. The van der Waals surface area contributed by atoms with Crippen LogP contribution in [0.4, 0.5) is 5.69 Å². The number of aromatic nitrogens is 3. The van der Waals surface area contributed by atoms with E-state index in [1.54, 1.807) is 6.07 Å². The molecule has 158 valence electrons. The number of ether oxygens (including phenoxy) is 1. The average Bonchev–Trinajstić information content (AvgIpc) is 3.10. The molecule has 6 nitrogen and oxygen atoms in total. The molecule has 2 aromatic carbocycles. The van der Waals surface area contributed by atoms with Crippen molar-refractivity contribution in [1.29, 1.82) is 0 Å². The highest BCUT2D eigenvalue weighted by Crippen LogP contribution is 2.24. The average molecular weight is 445 g/mol. The molecule has 0 aliphatic heterocycles. The molecule has 30 heavy (non-hydrogen) atoms. The Balaban J connectivity index is 1.61. The zero-order chi connectivity index (χ0) is 21.7. The molecule has 0 fully saturated rings. The molecule has 0 saturated carbocycles. The van der Waals surface area contributed by atoms with Crippen LogP contribution in [0.2, 0.25) is 5.02 Å². The molecule has 0 aliphatic rings. The van der Waals surface area contributed by atoms with E-state index in [2.05, 4.69) is 15.5 Å². The predicted molar refractivity (Wildman–Crippen MR) is 121 cm³/mol. The third-order valence-electron chi connectivity index (χ3n) is 4.60. The van der Waals surface area contributed by atoms with Gasteiger partial charge >= 0.3 is 0 Å². The largest absolute Gasteiger partial charge is 0.485 e. The number of amides is 1. The summed E-state index contributed by atoms with van der Waals surface area (Å²) in [6.45, 7) is 8.92. The lowest BCUT2D eigenvalue weighted by Gasteiger charge is -2.11. The second kappa shape index (κ2) is 10.00. The minimum absolute atomic E-state index is 0.0751. The van der Waals surface area contributed by atoms with Crippen molar-refractivity contribution < 1.29 is 9.53 Å². The summed E-state index contributed by atoms with van der Waals surface area (Å²) in [6, 6.07) is 11.5. The molecule has 0 unspecified atom stereocenters. The Kier molecular flexibility index (Phi) is 7.39. The van der Waals surface area contributed by atoms with Crippen LogP contribution in [0.25, 0.3) is 0 Å². The number of benzene rings is 2. The van der Waals surface area contributed by atoms with Crippen molar-refractivity contribution in [3.05, 3.63) is 63.9 Å². The lowest BCUT2D eigenvalue weighted by molar-refractivity contribution is -0.113. The SMILES string of the molecule is CCn1c(COc2ccc(Cl)cc2C)nnc1SCC(=O)Nc1cc(C)ccc1C. The number of carbonyl (C=O) groups excluding carboxylic acids is 1.